The minimum atomic E-state index is -4.67. The maximum Gasteiger partial charge on any atom is 0.394 e. The quantitative estimate of drug-likeness (QED) is 0.224. The van der Waals surface area contributed by atoms with Crippen molar-refractivity contribution >= 4 is 10.4 Å². The second-order valence-electron chi connectivity index (χ2n) is 11.0. The smallest absolute Gasteiger partial charge is 0.393 e. The first kappa shape index (κ1) is 30.8. The molecule has 0 atom stereocenters. The monoisotopic (exact) mass is 492 g/mol. The molecule has 4 aliphatic rings. The summed E-state index contributed by atoms with van der Waals surface area (Å²) in [4.78, 5) is 0. The number of hydrogen-bond acceptors (Lipinski definition) is 3. The SMILES string of the molecule is CCCC[N+](CCCC)(CCCC)CCCC.O=S(=O)(O)O.OC1C2CC3CC(C2)CC1C3. The van der Waals surface area contributed by atoms with Crippen LogP contribution in [0.3, 0.4) is 0 Å². The fourth-order valence-electron chi connectivity index (χ4n) is 6.54. The highest BCUT2D eigenvalue weighted by Gasteiger charge is 2.47. The Kier molecular flexibility index (Phi) is 14.7. The Bertz CT molecular complexity index is 536. The van der Waals surface area contributed by atoms with E-state index in [2.05, 4.69) is 27.7 Å². The van der Waals surface area contributed by atoms with Gasteiger partial charge in [-0.15, -0.1) is 0 Å². The number of rotatable bonds is 12. The van der Waals surface area contributed by atoms with Gasteiger partial charge in [-0.2, -0.15) is 8.42 Å². The summed E-state index contributed by atoms with van der Waals surface area (Å²) in [6, 6.07) is 0. The van der Waals surface area contributed by atoms with Gasteiger partial charge in [-0.3, -0.25) is 9.11 Å². The van der Waals surface area contributed by atoms with Gasteiger partial charge in [0.15, 0.2) is 0 Å². The van der Waals surface area contributed by atoms with Crippen molar-refractivity contribution in [1.82, 2.24) is 0 Å². The Hall–Kier alpha value is -0.210. The first-order valence-electron chi connectivity index (χ1n) is 13.8. The summed E-state index contributed by atoms with van der Waals surface area (Å²) in [5, 5.41) is 9.83. The first-order valence-corrected chi connectivity index (χ1v) is 15.2. The van der Waals surface area contributed by atoms with E-state index in [-0.39, 0.29) is 6.10 Å². The lowest BCUT2D eigenvalue weighted by atomic mass is 9.55. The van der Waals surface area contributed by atoms with Gasteiger partial charge in [-0.1, -0.05) is 53.4 Å². The van der Waals surface area contributed by atoms with Gasteiger partial charge in [0, 0.05) is 0 Å². The predicted octanol–water partition coefficient (Wildman–Crippen LogP) is 6.15. The van der Waals surface area contributed by atoms with E-state index in [0.717, 1.165) is 11.8 Å². The first-order chi connectivity index (χ1) is 15.6. The maximum atomic E-state index is 9.83. The summed E-state index contributed by atoms with van der Waals surface area (Å²) in [7, 11) is -4.67. The van der Waals surface area contributed by atoms with Crippen LogP contribution in [0.4, 0.5) is 0 Å². The van der Waals surface area contributed by atoms with E-state index in [1.54, 1.807) is 0 Å². The van der Waals surface area contributed by atoms with Crippen LogP contribution < -0.4 is 0 Å². The van der Waals surface area contributed by atoms with Crippen molar-refractivity contribution in [2.45, 2.75) is 117 Å². The average molecular weight is 493 g/mol. The third kappa shape index (κ3) is 12.4. The maximum absolute atomic E-state index is 9.83. The van der Waals surface area contributed by atoms with Crippen LogP contribution in [0.15, 0.2) is 0 Å². The number of aliphatic hydroxyl groups excluding tert-OH is 1. The number of quaternary nitrogens is 1. The zero-order valence-electron chi connectivity index (χ0n) is 21.9. The summed E-state index contributed by atoms with van der Waals surface area (Å²) in [5.41, 5.74) is 0. The van der Waals surface area contributed by atoms with Crippen molar-refractivity contribution < 1.29 is 27.1 Å². The number of unbranched alkanes of at least 4 members (excludes halogenated alkanes) is 4. The van der Waals surface area contributed by atoms with Crippen molar-refractivity contribution in [3.05, 3.63) is 0 Å². The van der Waals surface area contributed by atoms with E-state index >= 15 is 0 Å². The topological polar surface area (TPSA) is 94.8 Å². The molecule has 7 heteroatoms. The summed E-state index contributed by atoms with van der Waals surface area (Å²) >= 11 is 0. The molecule has 3 N–H and O–H groups in total. The molecule has 0 radical (unpaired) electrons. The van der Waals surface area contributed by atoms with Crippen molar-refractivity contribution in [2.75, 3.05) is 26.2 Å². The fourth-order valence-corrected chi connectivity index (χ4v) is 6.54. The zero-order valence-corrected chi connectivity index (χ0v) is 22.7. The molecule has 4 fully saturated rings. The lowest BCUT2D eigenvalue weighted by Crippen LogP contribution is -2.50. The van der Waals surface area contributed by atoms with Crippen molar-refractivity contribution in [1.29, 1.82) is 0 Å². The van der Waals surface area contributed by atoms with Gasteiger partial charge < -0.3 is 9.59 Å². The molecule has 33 heavy (non-hydrogen) atoms. The highest BCUT2D eigenvalue weighted by molar-refractivity contribution is 7.79. The van der Waals surface area contributed by atoms with Crippen LogP contribution in [0.1, 0.15) is 111 Å². The van der Waals surface area contributed by atoms with Gasteiger partial charge in [-0.25, -0.2) is 0 Å². The Balaban J connectivity index is 0.000000286. The molecule has 4 bridgehead atoms. The lowest BCUT2D eigenvalue weighted by Gasteiger charge is -2.52. The molecule has 0 heterocycles. The normalized spacial score (nSPS) is 28.0. The molecular weight excluding hydrogens is 438 g/mol. The fraction of sp³-hybridized carbons (Fsp3) is 1.00. The van der Waals surface area contributed by atoms with Crippen molar-refractivity contribution in [2.24, 2.45) is 23.7 Å². The van der Waals surface area contributed by atoms with Crippen molar-refractivity contribution in [3.63, 3.8) is 0 Å². The van der Waals surface area contributed by atoms with Crippen LogP contribution in [0.2, 0.25) is 0 Å². The Morgan fingerprint density at radius 1 is 0.636 bits per heavy atom. The second kappa shape index (κ2) is 15.7. The van der Waals surface area contributed by atoms with E-state index in [9.17, 15) is 5.11 Å². The number of nitrogens with zero attached hydrogens (tertiary/aromatic N) is 1. The van der Waals surface area contributed by atoms with Crippen LogP contribution in [0, 0.1) is 23.7 Å². The predicted molar refractivity (Wildman–Crippen MR) is 137 cm³/mol. The minimum Gasteiger partial charge on any atom is -0.393 e. The largest absolute Gasteiger partial charge is 0.394 e. The average Bonchev–Trinajstić information content (AvgIpc) is 2.75. The molecular formula is C26H54NO5S+. The molecule has 6 nitrogen and oxygen atoms in total. The van der Waals surface area contributed by atoms with E-state index < -0.39 is 10.4 Å². The summed E-state index contributed by atoms with van der Waals surface area (Å²) in [6.45, 7) is 15.0. The van der Waals surface area contributed by atoms with Crippen LogP contribution in [-0.4, -0.2) is 59.4 Å². The number of hydrogen-bond donors (Lipinski definition) is 3. The van der Waals surface area contributed by atoms with Gasteiger partial charge in [-0.05, 0) is 81.5 Å². The molecule has 0 aromatic rings. The lowest BCUT2D eigenvalue weighted by molar-refractivity contribution is -0.929. The van der Waals surface area contributed by atoms with Gasteiger partial charge in [0.25, 0.3) is 0 Å². The van der Waals surface area contributed by atoms with Gasteiger partial charge >= 0.3 is 10.4 Å². The number of aliphatic hydroxyl groups is 1. The third-order valence-corrected chi connectivity index (χ3v) is 8.12. The van der Waals surface area contributed by atoms with E-state index in [1.165, 1.54) is 114 Å². The van der Waals surface area contributed by atoms with Crippen molar-refractivity contribution in [3.8, 4) is 0 Å². The van der Waals surface area contributed by atoms with Crippen LogP contribution in [0.5, 0.6) is 0 Å². The minimum absolute atomic E-state index is 0.0859. The molecule has 0 spiro atoms. The standard InChI is InChI=1S/C16H36N.C10H16O.H2O4S/c1-5-9-13-17(14-10-6-2,15-11-7-3)16-12-8-4;11-10-8-2-6-1-7(4-8)5-9(10)3-6;1-5(2,3)4/h5-16H2,1-4H3;6-11H,1-5H2;(H2,1,2,3,4)/q+1;;. The molecule has 0 saturated heterocycles. The summed E-state index contributed by atoms with van der Waals surface area (Å²) in [5.74, 6) is 3.40. The molecule has 198 valence electrons. The molecule has 0 unspecified atom stereocenters. The van der Waals surface area contributed by atoms with E-state index in [0.29, 0.717) is 11.8 Å². The molecule has 4 rings (SSSR count). The summed E-state index contributed by atoms with van der Waals surface area (Å²) in [6.07, 6.45) is 18.0. The van der Waals surface area contributed by atoms with Gasteiger partial charge in [0.05, 0.1) is 32.3 Å². The van der Waals surface area contributed by atoms with Crippen LogP contribution >= 0.6 is 0 Å². The van der Waals surface area contributed by atoms with E-state index in [4.69, 9.17) is 17.5 Å². The Labute approximate surface area is 204 Å². The molecule has 0 aromatic heterocycles. The molecule has 0 amide bonds. The Morgan fingerprint density at radius 2 is 0.909 bits per heavy atom. The summed E-state index contributed by atoms with van der Waals surface area (Å²) < 4.78 is 33.0. The van der Waals surface area contributed by atoms with Crippen LogP contribution in [0.25, 0.3) is 0 Å². The highest BCUT2D eigenvalue weighted by atomic mass is 32.3. The van der Waals surface area contributed by atoms with Gasteiger partial charge in [0.1, 0.15) is 0 Å². The molecule has 4 aliphatic carbocycles. The third-order valence-electron chi connectivity index (χ3n) is 8.12. The molecule has 0 aliphatic heterocycles. The highest BCUT2D eigenvalue weighted by Crippen LogP contribution is 2.53. The van der Waals surface area contributed by atoms with Gasteiger partial charge in [0.2, 0.25) is 0 Å². The second-order valence-corrected chi connectivity index (χ2v) is 11.9. The molecule has 0 aromatic carbocycles. The molecule has 4 saturated carbocycles. The Morgan fingerprint density at radius 3 is 1.15 bits per heavy atom. The van der Waals surface area contributed by atoms with Crippen LogP contribution in [-0.2, 0) is 10.4 Å². The van der Waals surface area contributed by atoms with E-state index in [1.807, 2.05) is 0 Å². The zero-order chi connectivity index (χ0) is 24.9.